The van der Waals surface area contributed by atoms with Gasteiger partial charge < -0.3 is 4.90 Å². The van der Waals surface area contributed by atoms with Crippen molar-refractivity contribution in [2.24, 2.45) is 13.0 Å². The van der Waals surface area contributed by atoms with E-state index in [0.29, 0.717) is 31.3 Å². The van der Waals surface area contributed by atoms with E-state index in [4.69, 9.17) is 0 Å². The molecule has 0 spiro atoms. The van der Waals surface area contributed by atoms with Gasteiger partial charge in [-0.3, -0.25) is 19.1 Å². The lowest BCUT2D eigenvalue weighted by Crippen LogP contribution is -2.40. The molecule has 0 bridgehead atoms. The summed E-state index contributed by atoms with van der Waals surface area (Å²) in [6.45, 7) is 1.91. The maximum atomic E-state index is 12.2. The van der Waals surface area contributed by atoms with Gasteiger partial charge in [0.1, 0.15) is 5.82 Å². The molecule has 0 unspecified atom stereocenters. The number of nitrogens with zero attached hydrogens (tertiary/aromatic N) is 6. The summed E-state index contributed by atoms with van der Waals surface area (Å²) in [6, 6.07) is 6.40. The van der Waals surface area contributed by atoms with Crippen molar-refractivity contribution in [2.75, 3.05) is 18.0 Å². The second-order valence-electron chi connectivity index (χ2n) is 6.95. The molecular formula is C18H21N7O3. The molecule has 4 rings (SSSR count). The van der Waals surface area contributed by atoms with Gasteiger partial charge in [-0.05, 0) is 30.9 Å². The van der Waals surface area contributed by atoms with Gasteiger partial charge in [-0.15, -0.1) is 5.10 Å². The van der Waals surface area contributed by atoms with Crippen molar-refractivity contribution in [2.45, 2.75) is 19.4 Å². The molecule has 1 fully saturated rings. The average molecular weight is 383 g/mol. The van der Waals surface area contributed by atoms with E-state index in [1.54, 1.807) is 29.2 Å². The first kappa shape index (κ1) is 18.0. The predicted molar refractivity (Wildman–Crippen MR) is 103 cm³/mol. The van der Waals surface area contributed by atoms with E-state index in [-0.39, 0.29) is 17.0 Å². The van der Waals surface area contributed by atoms with Crippen LogP contribution in [0.4, 0.5) is 5.82 Å². The molecule has 3 aromatic rings. The third-order valence-electron chi connectivity index (χ3n) is 5.11. The SMILES string of the molecule is Cn1c(=O)cc(N2CCC(Cn3nc(-n4cccn4)ccc3=O)CC2)[nH]c1=O. The summed E-state index contributed by atoms with van der Waals surface area (Å²) in [5.41, 5.74) is -0.892. The van der Waals surface area contributed by atoms with Gasteiger partial charge in [0.05, 0.1) is 0 Å². The lowest BCUT2D eigenvalue weighted by atomic mass is 9.97. The van der Waals surface area contributed by atoms with Crippen LogP contribution in [0.15, 0.2) is 51.0 Å². The zero-order valence-corrected chi connectivity index (χ0v) is 15.5. The third-order valence-corrected chi connectivity index (χ3v) is 5.11. The van der Waals surface area contributed by atoms with Gasteiger partial charge in [-0.1, -0.05) is 0 Å². The summed E-state index contributed by atoms with van der Waals surface area (Å²) in [4.78, 5) is 40.6. The van der Waals surface area contributed by atoms with Crippen molar-refractivity contribution in [3.8, 4) is 5.82 Å². The van der Waals surface area contributed by atoms with Crippen LogP contribution >= 0.6 is 0 Å². The molecule has 0 amide bonds. The van der Waals surface area contributed by atoms with Crippen molar-refractivity contribution in [3.63, 3.8) is 0 Å². The Balaban J connectivity index is 1.45. The summed E-state index contributed by atoms with van der Waals surface area (Å²) in [7, 11) is 1.44. The Morgan fingerprint density at radius 1 is 1.14 bits per heavy atom. The fourth-order valence-corrected chi connectivity index (χ4v) is 3.41. The summed E-state index contributed by atoms with van der Waals surface area (Å²) in [6.07, 6.45) is 5.10. The van der Waals surface area contributed by atoms with E-state index in [9.17, 15) is 14.4 Å². The highest BCUT2D eigenvalue weighted by molar-refractivity contribution is 5.37. The van der Waals surface area contributed by atoms with Crippen molar-refractivity contribution >= 4 is 5.82 Å². The van der Waals surface area contributed by atoms with Gasteiger partial charge in [-0.25, -0.2) is 14.2 Å². The Morgan fingerprint density at radius 3 is 2.61 bits per heavy atom. The van der Waals surface area contributed by atoms with Crippen molar-refractivity contribution in [1.29, 1.82) is 0 Å². The van der Waals surface area contributed by atoms with Gasteiger partial charge in [0.25, 0.3) is 11.1 Å². The molecule has 10 nitrogen and oxygen atoms in total. The predicted octanol–water partition coefficient (Wildman–Crippen LogP) is -0.267. The largest absolute Gasteiger partial charge is 0.358 e. The number of piperidine rings is 1. The minimum Gasteiger partial charge on any atom is -0.358 e. The first-order chi connectivity index (χ1) is 13.5. The summed E-state index contributed by atoms with van der Waals surface area (Å²) < 4.78 is 4.14. The lowest BCUT2D eigenvalue weighted by Gasteiger charge is -2.33. The number of rotatable bonds is 4. The molecule has 0 aliphatic carbocycles. The van der Waals surface area contributed by atoms with Crippen molar-refractivity contribution in [3.05, 3.63) is 67.9 Å². The fourth-order valence-electron chi connectivity index (χ4n) is 3.41. The normalized spacial score (nSPS) is 15.1. The Morgan fingerprint density at radius 2 is 1.93 bits per heavy atom. The van der Waals surface area contributed by atoms with Crippen LogP contribution in [0, 0.1) is 5.92 Å². The van der Waals surface area contributed by atoms with Crippen LogP contribution in [-0.2, 0) is 13.6 Å². The number of aromatic nitrogens is 6. The standard InChI is InChI=1S/C18H21N7O3/c1-22-17(27)11-15(20-18(22)28)23-9-5-13(6-10-23)12-25-16(26)4-3-14(21-25)24-8-2-7-19-24/h2-4,7-8,11,13H,5-6,9-10,12H2,1H3,(H,20,28). The highest BCUT2D eigenvalue weighted by atomic mass is 16.2. The van der Waals surface area contributed by atoms with Crippen LogP contribution in [-0.4, -0.2) is 42.2 Å². The molecule has 1 N–H and O–H groups in total. The summed E-state index contributed by atoms with van der Waals surface area (Å²) >= 11 is 0. The Kier molecular flexibility index (Phi) is 4.68. The molecule has 1 aliphatic heterocycles. The molecule has 1 aliphatic rings. The molecule has 28 heavy (non-hydrogen) atoms. The monoisotopic (exact) mass is 383 g/mol. The van der Waals surface area contributed by atoms with Crippen LogP contribution in [0.25, 0.3) is 5.82 Å². The molecule has 1 saturated heterocycles. The Labute approximate surface area is 159 Å². The molecule has 0 saturated carbocycles. The highest BCUT2D eigenvalue weighted by Gasteiger charge is 2.22. The first-order valence-electron chi connectivity index (χ1n) is 9.15. The lowest BCUT2D eigenvalue weighted by molar-refractivity contribution is 0.333. The van der Waals surface area contributed by atoms with Crippen molar-refractivity contribution < 1.29 is 0 Å². The van der Waals surface area contributed by atoms with Crippen molar-refractivity contribution in [1.82, 2.24) is 29.1 Å². The number of anilines is 1. The van der Waals surface area contributed by atoms with Crippen LogP contribution in [0.1, 0.15) is 12.8 Å². The van der Waals surface area contributed by atoms with E-state index >= 15 is 0 Å². The summed E-state index contributed by atoms with van der Waals surface area (Å²) in [5.74, 6) is 1.43. The third kappa shape index (κ3) is 3.53. The Bertz CT molecular complexity index is 1100. The molecule has 4 heterocycles. The van der Waals surface area contributed by atoms with Gasteiger partial charge in [0.2, 0.25) is 0 Å². The van der Waals surface area contributed by atoms with Gasteiger partial charge >= 0.3 is 5.69 Å². The zero-order chi connectivity index (χ0) is 19.7. The van der Waals surface area contributed by atoms with E-state index < -0.39 is 5.69 Å². The second kappa shape index (κ2) is 7.29. The highest BCUT2D eigenvalue weighted by Crippen LogP contribution is 2.21. The number of H-pyrrole nitrogens is 1. The van der Waals surface area contributed by atoms with Crippen LogP contribution in [0.3, 0.4) is 0 Å². The van der Waals surface area contributed by atoms with E-state index in [1.807, 2.05) is 4.90 Å². The maximum absolute atomic E-state index is 12.2. The minimum absolute atomic E-state index is 0.144. The number of aromatic amines is 1. The molecule has 0 atom stereocenters. The second-order valence-corrected chi connectivity index (χ2v) is 6.95. The first-order valence-corrected chi connectivity index (χ1v) is 9.15. The van der Waals surface area contributed by atoms with Gasteiger partial charge in [0.15, 0.2) is 5.82 Å². The zero-order valence-electron chi connectivity index (χ0n) is 15.5. The van der Waals surface area contributed by atoms with E-state index in [1.165, 1.54) is 23.9 Å². The average Bonchev–Trinajstić information content (AvgIpc) is 3.23. The number of hydrogen-bond donors (Lipinski definition) is 1. The quantitative estimate of drug-likeness (QED) is 0.664. The van der Waals surface area contributed by atoms with E-state index in [2.05, 4.69) is 15.2 Å². The van der Waals surface area contributed by atoms with Crippen LogP contribution in [0.2, 0.25) is 0 Å². The van der Waals surface area contributed by atoms with Crippen LogP contribution in [0.5, 0.6) is 0 Å². The molecular weight excluding hydrogens is 362 g/mol. The topological polar surface area (TPSA) is 111 Å². The van der Waals surface area contributed by atoms with E-state index in [0.717, 1.165) is 17.4 Å². The molecule has 10 heteroatoms. The number of hydrogen-bond acceptors (Lipinski definition) is 6. The summed E-state index contributed by atoms with van der Waals surface area (Å²) in [5, 5.41) is 8.56. The smallest absolute Gasteiger partial charge is 0.329 e. The molecule has 3 aromatic heterocycles. The number of nitrogens with one attached hydrogen (secondary N) is 1. The Hall–Kier alpha value is -3.43. The fraction of sp³-hybridized carbons (Fsp3) is 0.389. The van der Waals surface area contributed by atoms with Gasteiger partial charge in [0, 0.05) is 51.2 Å². The minimum atomic E-state index is -0.421. The maximum Gasteiger partial charge on any atom is 0.329 e. The van der Waals surface area contributed by atoms with Crippen LogP contribution < -0.4 is 21.7 Å². The molecule has 146 valence electrons. The molecule has 0 aromatic carbocycles. The molecule has 0 radical (unpaired) electrons. The van der Waals surface area contributed by atoms with Gasteiger partial charge in [-0.2, -0.15) is 5.10 Å².